The highest BCUT2D eigenvalue weighted by Gasteiger charge is 2.19. The summed E-state index contributed by atoms with van der Waals surface area (Å²) in [5, 5.41) is 18.5. The van der Waals surface area contributed by atoms with Gasteiger partial charge in [0.25, 0.3) is 0 Å². The first-order chi connectivity index (χ1) is 8.00. The number of aromatic hydroxyl groups is 2. The Labute approximate surface area is 97.4 Å². The van der Waals surface area contributed by atoms with E-state index in [0.717, 1.165) is 12.1 Å². The van der Waals surface area contributed by atoms with Gasteiger partial charge in [0.15, 0.2) is 0 Å². The fraction of sp³-hybridized carbons (Fsp3) is 0. The minimum absolute atomic E-state index is 0.0764. The van der Waals surface area contributed by atoms with Crippen molar-refractivity contribution in [3.05, 3.63) is 42.5 Å². The molecular formula is C10H9NO5S. The Balaban J connectivity index is 2.37. The molecule has 0 radical (unpaired) electrons. The minimum Gasteiger partial charge on any atom is -0.492 e. The van der Waals surface area contributed by atoms with Crippen molar-refractivity contribution in [1.82, 2.24) is 4.73 Å². The summed E-state index contributed by atoms with van der Waals surface area (Å²) in [6, 6.07) is 9.62. The summed E-state index contributed by atoms with van der Waals surface area (Å²) in [5.74, 6) is -1.02. The third-order valence-corrected chi connectivity index (χ3v) is 3.20. The normalized spacial score (nSPS) is 11.3. The van der Waals surface area contributed by atoms with E-state index in [9.17, 15) is 18.6 Å². The average Bonchev–Trinajstić information content (AvgIpc) is 2.62. The van der Waals surface area contributed by atoms with Gasteiger partial charge in [-0.05, 0) is 12.1 Å². The number of hydrogen-bond donors (Lipinski definition) is 2. The van der Waals surface area contributed by atoms with Crippen LogP contribution >= 0.6 is 0 Å². The predicted molar refractivity (Wildman–Crippen MR) is 58.0 cm³/mol. The zero-order valence-corrected chi connectivity index (χ0v) is 9.33. The highest BCUT2D eigenvalue weighted by atomic mass is 32.2. The van der Waals surface area contributed by atoms with Gasteiger partial charge < -0.3 is 10.2 Å². The van der Waals surface area contributed by atoms with E-state index in [1.165, 1.54) is 24.3 Å². The molecule has 1 aromatic heterocycles. The van der Waals surface area contributed by atoms with Gasteiger partial charge in [-0.1, -0.05) is 22.9 Å². The van der Waals surface area contributed by atoms with E-state index in [2.05, 4.69) is 4.28 Å². The van der Waals surface area contributed by atoms with Crippen LogP contribution in [0.2, 0.25) is 0 Å². The summed E-state index contributed by atoms with van der Waals surface area (Å²) >= 11 is 0. The third-order valence-electron chi connectivity index (χ3n) is 2.00. The number of hydrogen-bond acceptors (Lipinski definition) is 5. The lowest BCUT2D eigenvalue weighted by Gasteiger charge is -2.08. The number of nitrogens with zero attached hydrogens (tertiary/aromatic N) is 1. The fourth-order valence-electron chi connectivity index (χ4n) is 1.21. The molecule has 0 unspecified atom stereocenters. The molecule has 0 atom stereocenters. The van der Waals surface area contributed by atoms with Gasteiger partial charge in [0.05, 0.1) is 0 Å². The summed E-state index contributed by atoms with van der Waals surface area (Å²) in [5.41, 5.74) is 0. The highest BCUT2D eigenvalue weighted by molar-refractivity contribution is 7.87. The molecule has 0 fully saturated rings. The Morgan fingerprint density at radius 3 is 2.00 bits per heavy atom. The molecule has 0 amide bonds. The summed E-state index contributed by atoms with van der Waals surface area (Å²) in [6.07, 6.45) is 0. The van der Waals surface area contributed by atoms with Gasteiger partial charge in [0, 0.05) is 12.1 Å². The van der Waals surface area contributed by atoms with Crippen molar-refractivity contribution in [1.29, 1.82) is 0 Å². The zero-order chi connectivity index (χ0) is 12.5. The van der Waals surface area contributed by atoms with Gasteiger partial charge in [-0.25, -0.2) is 0 Å². The Hall–Kier alpha value is -2.15. The van der Waals surface area contributed by atoms with Crippen molar-refractivity contribution >= 4 is 10.1 Å². The van der Waals surface area contributed by atoms with Gasteiger partial charge >= 0.3 is 10.1 Å². The van der Waals surface area contributed by atoms with E-state index in [-0.39, 0.29) is 4.90 Å². The summed E-state index contributed by atoms with van der Waals surface area (Å²) < 4.78 is 28.5. The topological polar surface area (TPSA) is 88.8 Å². The molecule has 6 nitrogen and oxygen atoms in total. The van der Waals surface area contributed by atoms with Crippen molar-refractivity contribution in [3.63, 3.8) is 0 Å². The van der Waals surface area contributed by atoms with Crippen LogP contribution < -0.4 is 4.28 Å². The van der Waals surface area contributed by atoms with Crippen LogP contribution in [0.3, 0.4) is 0 Å². The second-order valence-corrected chi connectivity index (χ2v) is 4.71. The highest BCUT2D eigenvalue weighted by Crippen LogP contribution is 2.21. The summed E-state index contributed by atoms with van der Waals surface area (Å²) in [7, 11) is -4.09. The monoisotopic (exact) mass is 255 g/mol. The van der Waals surface area contributed by atoms with Crippen molar-refractivity contribution in [2.75, 3.05) is 0 Å². The maximum Gasteiger partial charge on any atom is 0.357 e. The van der Waals surface area contributed by atoms with Crippen LogP contribution in [-0.2, 0) is 10.1 Å². The van der Waals surface area contributed by atoms with Crippen LogP contribution in [0, 0.1) is 0 Å². The van der Waals surface area contributed by atoms with Crippen LogP contribution in [0.15, 0.2) is 47.4 Å². The quantitative estimate of drug-likeness (QED) is 0.843. The largest absolute Gasteiger partial charge is 0.492 e. The van der Waals surface area contributed by atoms with Crippen molar-refractivity contribution in [2.45, 2.75) is 4.90 Å². The lowest BCUT2D eigenvalue weighted by atomic mass is 10.4. The molecule has 1 heterocycles. The van der Waals surface area contributed by atoms with Gasteiger partial charge in [-0.2, -0.15) is 8.42 Å². The van der Waals surface area contributed by atoms with E-state index < -0.39 is 21.9 Å². The molecule has 0 spiro atoms. The average molecular weight is 255 g/mol. The van der Waals surface area contributed by atoms with E-state index in [1.54, 1.807) is 6.07 Å². The van der Waals surface area contributed by atoms with Gasteiger partial charge in [0.1, 0.15) is 4.90 Å². The lowest BCUT2D eigenvalue weighted by Crippen LogP contribution is -2.19. The Kier molecular flexibility index (Phi) is 2.68. The Morgan fingerprint density at radius 1 is 0.941 bits per heavy atom. The van der Waals surface area contributed by atoms with Crippen LogP contribution in [0.1, 0.15) is 0 Å². The minimum atomic E-state index is -4.09. The molecule has 90 valence electrons. The number of rotatable bonds is 3. The second-order valence-electron chi connectivity index (χ2n) is 3.19. The zero-order valence-electron chi connectivity index (χ0n) is 8.52. The first-order valence-corrected chi connectivity index (χ1v) is 6.01. The first-order valence-electron chi connectivity index (χ1n) is 4.60. The standard InChI is InChI=1S/C10H9NO5S/c12-9-6-7-10(13)11(9)16-17(14,15)8-4-2-1-3-5-8/h1-7,12-13H. The smallest absolute Gasteiger partial charge is 0.357 e. The predicted octanol–water partition coefficient (Wildman–Crippen LogP) is 0.717. The Morgan fingerprint density at radius 2 is 1.47 bits per heavy atom. The van der Waals surface area contributed by atoms with Gasteiger partial charge in [-0.3, -0.25) is 4.28 Å². The fourth-order valence-corrected chi connectivity index (χ4v) is 2.13. The van der Waals surface area contributed by atoms with Crippen molar-refractivity contribution < 1.29 is 22.9 Å². The van der Waals surface area contributed by atoms with E-state index in [1.807, 2.05) is 0 Å². The summed E-state index contributed by atoms with van der Waals surface area (Å²) in [6.45, 7) is 0. The number of aromatic nitrogens is 1. The van der Waals surface area contributed by atoms with Crippen LogP contribution in [0.5, 0.6) is 11.8 Å². The van der Waals surface area contributed by atoms with E-state index in [0.29, 0.717) is 4.73 Å². The molecule has 0 aliphatic heterocycles. The molecule has 17 heavy (non-hydrogen) atoms. The maximum atomic E-state index is 11.7. The van der Waals surface area contributed by atoms with Crippen molar-refractivity contribution in [3.8, 4) is 11.8 Å². The molecule has 7 heteroatoms. The molecule has 0 saturated heterocycles. The SMILES string of the molecule is O=S(=O)(On1c(O)ccc1O)c1ccccc1. The molecule has 0 aliphatic rings. The van der Waals surface area contributed by atoms with E-state index >= 15 is 0 Å². The van der Waals surface area contributed by atoms with Crippen LogP contribution in [0.25, 0.3) is 0 Å². The molecule has 0 bridgehead atoms. The van der Waals surface area contributed by atoms with Crippen LogP contribution in [0.4, 0.5) is 0 Å². The molecule has 1 aromatic carbocycles. The third kappa shape index (κ3) is 2.18. The summed E-state index contributed by atoms with van der Waals surface area (Å²) in [4.78, 5) is -0.0764. The lowest BCUT2D eigenvalue weighted by molar-refractivity contribution is 0.203. The van der Waals surface area contributed by atoms with Crippen LogP contribution in [-0.4, -0.2) is 23.4 Å². The molecule has 0 aliphatic carbocycles. The maximum absolute atomic E-state index is 11.7. The van der Waals surface area contributed by atoms with E-state index in [4.69, 9.17) is 0 Å². The second kappa shape index (κ2) is 4.02. The number of benzene rings is 1. The molecule has 2 rings (SSSR count). The molecule has 2 N–H and O–H groups in total. The van der Waals surface area contributed by atoms with Gasteiger partial charge in [-0.15, -0.1) is 0 Å². The van der Waals surface area contributed by atoms with Gasteiger partial charge in [0.2, 0.25) is 11.8 Å². The first kappa shape index (κ1) is 11.3. The van der Waals surface area contributed by atoms with Crippen molar-refractivity contribution in [2.24, 2.45) is 0 Å². The molecule has 0 saturated carbocycles. The molecule has 2 aromatic rings. The molecular weight excluding hydrogens is 246 g/mol. The Bertz CT molecular complexity index is 598.